The van der Waals surface area contributed by atoms with Crippen molar-refractivity contribution in [3.8, 4) is 0 Å². The lowest BCUT2D eigenvalue weighted by atomic mass is 9.96. The van der Waals surface area contributed by atoms with Gasteiger partial charge in [0.05, 0.1) is 10.8 Å². The molecule has 2 heterocycles. The first-order valence-electron chi connectivity index (χ1n) is 8.60. The van der Waals surface area contributed by atoms with E-state index in [2.05, 4.69) is 26.1 Å². The van der Waals surface area contributed by atoms with Crippen LogP contribution >= 0.6 is 11.3 Å². The molecule has 1 aliphatic rings. The molecule has 2 amide bonds. The lowest BCUT2D eigenvalue weighted by Crippen LogP contribution is -2.47. The highest BCUT2D eigenvalue weighted by atomic mass is 32.1. The summed E-state index contributed by atoms with van der Waals surface area (Å²) in [5.41, 5.74) is 0. The second-order valence-electron chi connectivity index (χ2n) is 6.95. The van der Waals surface area contributed by atoms with Crippen LogP contribution in [-0.4, -0.2) is 35.8 Å². The van der Waals surface area contributed by atoms with Crippen LogP contribution in [0.1, 0.15) is 56.1 Å². The number of thiophene rings is 1. The van der Waals surface area contributed by atoms with Crippen LogP contribution in [0.25, 0.3) is 0 Å². The third-order valence-corrected chi connectivity index (χ3v) is 5.23. The molecule has 0 aromatic carbocycles. The van der Waals surface area contributed by atoms with Gasteiger partial charge in [0, 0.05) is 19.1 Å². The molecule has 1 aliphatic heterocycles. The normalized spacial score (nSPS) is 19.7. The minimum absolute atomic E-state index is 0.0605. The Morgan fingerprint density at radius 1 is 1.35 bits per heavy atom. The summed E-state index contributed by atoms with van der Waals surface area (Å²) in [5, 5.41) is 5.04. The van der Waals surface area contributed by atoms with Crippen molar-refractivity contribution in [3.05, 3.63) is 22.4 Å². The number of rotatable bonds is 6. The highest BCUT2D eigenvalue weighted by Crippen LogP contribution is 2.21. The molecule has 2 atom stereocenters. The second-order valence-corrected chi connectivity index (χ2v) is 7.90. The summed E-state index contributed by atoms with van der Waals surface area (Å²) < 4.78 is 0. The second kappa shape index (κ2) is 8.48. The zero-order valence-corrected chi connectivity index (χ0v) is 15.2. The topological polar surface area (TPSA) is 49.4 Å². The van der Waals surface area contributed by atoms with Gasteiger partial charge in [-0.05, 0) is 50.0 Å². The smallest absolute Gasteiger partial charge is 0.263 e. The molecule has 2 rings (SSSR count). The van der Waals surface area contributed by atoms with Crippen LogP contribution in [0.4, 0.5) is 0 Å². The summed E-state index contributed by atoms with van der Waals surface area (Å²) in [6.45, 7) is 7.76. The molecule has 2 unspecified atom stereocenters. The maximum absolute atomic E-state index is 12.5. The van der Waals surface area contributed by atoms with Crippen molar-refractivity contribution in [1.82, 2.24) is 10.2 Å². The van der Waals surface area contributed by atoms with Crippen LogP contribution in [-0.2, 0) is 4.79 Å². The molecule has 0 aliphatic carbocycles. The zero-order valence-electron chi connectivity index (χ0n) is 14.4. The first-order valence-corrected chi connectivity index (χ1v) is 9.48. The van der Waals surface area contributed by atoms with E-state index in [9.17, 15) is 9.59 Å². The maximum atomic E-state index is 12.5. The molecule has 1 aromatic rings. The third-order valence-electron chi connectivity index (χ3n) is 4.38. The third kappa shape index (κ3) is 5.34. The van der Waals surface area contributed by atoms with Gasteiger partial charge in [-0.15, -0.1) is 11.3 Å². The van der Waals surface area contributed by atoms with Crippen LogP contribution in [0.5, 0.6) is 0 Å². The number of hydrogen-bond donors (Lipinski definition) is 1. The van der Waals surface area contributed by atoms with Gasteiger partial charge in [0.25, 0.3) is 5.91 Å². The average molecular weight is 337 g/mol. The van der Waals surface area contributed by atoms with Gasteiger partial charge in [0.2, 0.25) is 5.91 Å². The molecule has 1 N–H and O–H groups in total. The molecular weight excluding hydrogens is 308 g/mol. The molecular formula is C18H28N2O2S. The number of piperidine rings is 1. The van der Waals surface area contributed by atoms with E-state index < -0.39 is 0 Å². The fourth-order valence-corrected chi connectivity index (χ4v) is 3.64. The van der Waals surface area contributed by atoms with Crippen LogP contribution in [0.15, 0.2) is 17.5 Å². The molecule has 0 bridgehead atoms. The molecule has 23 heavy (non-hydrogen) atoms. The summed E-state index contributed by atoms with van der Waals surface area (Å²) >= 11 is 1.46. The number of nitrogens with one attached hydrogen (secondary N) is 1. The molecule has 0 saturated carbocycles. The summed E-state index contributed by atoms with van der Waals surface area (Å²) in [4.78, 5) is 27.5. The van der Waals surface area contributed by atoms with Crippen molar-refractivity contribution in [2.24, 2.45) is 11.8 Å². The molecule has 1 aromatic heterocycles. The van der Waals surface area contributed by atoms with Gasteiger partial charge >= 0.3 is 0 Å². The monoisotopic (exact) mass is 336 g/mol. The first-order chi connectivity index (χ1) is 11.0. The van der Waals surface area contributed by atoms with Crippen LogP contribution in [0.3, 0.4) is 0 Å². The van der Waals surface area contributed by atoms with E-state index >= 15 is 0 Å². The fraction of sp³-hybridized carbons (Fsp3) is 0.667. The van der Waals surface area contributed by atoms with E-state index in [1.165, 1.54) is 11.3 Å². The minimum Gasteiger partial charge on any atom is -0.353 e. The van der Waals surface area contributed by atoms with Gasteiger partial charge in [0.1, 0.15) is 0 Å². The average Bonchev–Trinajstić information content (AvgIpc) is 3.06. The molecule has 0 radical (unpaired) electrons. The van der Waals surface area contributed by atoms with E-state index in [1.54, 1.807) is 0 Å². The first kappa shape index (κ1) is 18.0. The number of carbonyl (C=O) groups is 2. The van der Waals surface area contributed by atoms with Crippen LogP contribution in [0, 0.1) is 11.8 Å². The largest absolute Gasteiger partial charge is 0.353 e. The van der Waals surface area contributed by atoms with Crippen molar-refractivity contribution in [1.29, 1.82) is 0 Å². The number of amides is 2. The highest BCUT2D eigenvalue weighted by Gasteiger charge is 2.29. The van der Waals surface area contributed by atoms with Crippen LogP contribution in [0.2, 0.25) is 0 Å². The van der Waals surface area contributed by atoms with E-state index in [1.807, 2.05) is 22.4 Å². The summed E-state index contributed by atoms with van der Waals surface area (Å²) in [6, 6.07) is 3.95. The Hall–Kier alpha value is -1.36. The molecule has 4 nitrogen and oxygen atoms in total. The van der Waals surface area contributed by atoms with Gasteiger partial charge in [-0.25, -0.2) is 0 Å². The van der Waals surface area contributed by atoms with Crippen molar-refractivity contribution in [2.45, 2.75) is 52.5 Å². The van der Waals surface area contributed by atoms with Gasteiger partial charge < -0.3 is 10.2 Å². The summed E-state index contributed by atoms with van der Waals surface area (Å²) in [5.74, 6) is 0.743. The standard InChI is InChI=1S/C18H28N2O2S/c1-13(2)8-9-14(3)19-17(21)15-6-4-10-20(12-15)18(22)16-7-5-11-23-16/h5,7,11,13-15H,4,6,8-10,12H2,1-3H3,(H,19,21). The Kier molecular flexibility index (Phi) is 6.63. The van der Waals surface area contributed by atoms with Crippen molar-refractivity contribution in [2.75, 3.05) is 13.1 Å². The Bertz CT molecular complexity index is 513. The highest BCUT2D eigenvalue weighted by molar-refractivity contribution is 7.12. The number of hydrogen-bond acceptors (Lipinski definition) is 3. The molecule has 1 saturated heterocycles. The Balaban J connectivity index is 1.85. The number of nitrogens with zero attached hydrogens (tertiary/aromatic N) is 1. The molecule has 5 heteroatoms. The van der Waals surface area contributed by atoms with E-state index in [-0.39, 0.29) is 23.8 Å². The predicted molar refractivity (Wildman–Crippen MR) is 94.6 cm³/mol. The van der Waals surface area contributed by atoms with Gasteiger partial charge in [-0.2, -0.15) is 0 Å². The summed E-state index contributed by atoms with van der Waals surface area (Å²) in [6.07, 6.45) is 3.90. The summed E-state index contributed by atoms with van der Waals surface area (Å²) in [7, 11) is 0. The molecule has 1 fully saturated rings. The number of likely N-dealkylation sites (tertiary alicyclic amines) is 1. The van der Waals surface area contributed by atoms with E-state index in [4.69, 9.17) is 0 Å². The number of carbonyl (C=O) groups excluding carboxylic acids is 2. The minimum atomic E-state index is -0.0748. The Labute approximate surface area is 143 Å². The Morgan fingerprint density at radius 2 is 2.13 bits per heavy atom. The maximum Gasteiger partial charge on any atom is 0.263 e. The molecule has 128 valence electrons. The zero-order chi connectivity index (χ0) is 16.8. The van der Waals surface area contributed by atoms with Crippen molar-refractivity contribution >= 4 is 23.2 Å². The van der Waals surface area contributed by atoms with Gasteiger partial charge in [-0.3, -0.25) is 9.59 Å². The lowest BCUT2D eigenvalue weighted by molar-refractivity contribution is -0.127. The van der Waals surface area contributed by atoms with Crippen molar-refractivity contribution < 1.29 is 9.59 Å². The van der Waals surface area contributed by atoms with E-state index in [0.29, 0.717) is 12.5 Å². The quantitative estimate of drug-likeness (QED) is 0.864. The fourth-order valence-electron chi connectivity index (χ4n) is 2.95. The van der Waals surface area contributed by atoms with Crippen LogP contribution < -0.4 is 5.32 Å². The lowest BCUT2D eigenvalue weighted by Gasteiger charge is -2.32. The van der Waals surface area contributed by atoms with E-state index in [0.717, 1.165) is 37.1 Å². The molecule has 0 spiro atoms. The van der Waals surface area contributed by atoms with Crippen molar-refractivity contribution in [3.63, 3.8) is 0 Å². The van der Waals surface area contributed by atoms with Gasteiger partial charge in [-0.1, -0.05) is 19.9 Å². The van der Waals surface area contributed by atoms with Gasteiger partial charge in [0.15, 0.2) is 0 Å². The Morgan fingerprint density at radius 3 is 2.78 bits per heavy atom. The SMILES string of the molecule is CC(C)CCC(C)NC(=O)C1CCCN(C(=O)c2cccs2)C1. The predicted octanol–water partition coefficient (Wildman–Crippen LogP) is 3.54.